The fraction of sp³-hybridized carbons (Fsp3) is 0.375. The van der Waals surface area contributed by atoms with Crippen LogP contribution in [0.3, 0.4) is 0 Å². The first kappa shape index (κ1) is 22.9. The number of sulfonamides is 1. The van der Waals surface area contributed by atoms with E-state index in [0.717, 1.165) is 17.4 Å². The first-order valence-corrected chi connectivity index (χ1v) is 10.1. The van der Waals surface area contributed by atoms with Gasteiger partial charge in [0.25, 0.3) is 5.56 Å². The van der Waals surface area contributed by atoms with Crippen molar-refractivity contribution in [3.05, 3.63) is 55.6 Å². The minimum Gasteiger partial charge on any atom is -0.292 e. The number of anilines is 1. The number of hydrogen-bond acceptors (Lipinski definition) is 4. The number of halogens is 5. The van der Waals surface area contributed by atoms with E-state index < -0.39 is 44.6 Å². The molecular weight excluding hydrogens is 442 g/mol. The molecule has 13 heteroatoms. The van der Waals surface area contributed by atoms with Crippen LogP contribution in [0.25, 0.3) is 5.69 Å². The zero-order valence-corrected chi connectivity index (χ0v) is 17.0. The van der Waals surface area contributed by atoms with Crippen LogP contribution in [-0.4, -0.2) is 29.8 Å². The van der Waals surface area contributed by atoms with Crippen LogP contribution in [0.2, 0.25) is 5.02 Å². The van der Waals surface area contributed by atoms with Crippen LogP contribution in [0.1, 0.15) is 19.5 Å². The summed E-state index contributed by atoms with van der Waals surface area (Å²) in [5, 5.41) is -0.318. The fourth-order valence-electron chi connectivity index (χ4n) is 2.68. The van der Waals surface area contributed by atoms with E-state index in [1.54, 1.807) is 0 Å². The highest BCUT2D eigenvalue weighted by molar-refractivity contribution is 7.92. The molecule has 0 aliphatic heterocycles. The van der Waals surface area contributed by atoms with Gasteiger partial charge in [0.1, 0.15) is 11.5 Å². The fourth-order valence-corrected chi connectivity index (χ4v) is 4.14. The Bertz CT molecular complexity index is 1170. The number of aromatic nitrogens is 2. The number of alkyl halides is 3. The summed E-state index contributed by atoms with van der Waals surface area (Å²) in [5.41, 5.74) is -5.36. The monoisotopic (exact) mass is 457 g/mol. The Morgan fingerprint density at radius 2 is 1.72 bits per heavy atom. The number of hydrogen-bond donors (Lipinski definition) is 0. The van der Waals surface area contributed by atoms with E-state index in [2.05, 4.69) is 0 Å². The van der Waals surface area contributed by atoms with Crippen molar-refractivity contribution in [2.24, 2.45) is 7.05 Å². The van der Waals surface area contributed by atoms with E-state index in [1.807, 2.05) is 0 Å². The van der Waals surface area contributed by atoms with Gasteiger partial charge in [-0.25, -0.2) is 22.2 Å². The summed E-state index contributed by atoms with van der Waals surface area (Å²) in [5.74, 6) is -1.51. The van der Waals surface area contributed by atoms with Crippen molar-refractivity contribution in [3.63, 3.8) is 0 Å². The van der Waals surface area contributed by atoms with Gasteiger partial charge in [0, 0.05) is 19.7 Å². The number of nitrogens with zero attached hydrogens (tertiary/aromatic N) is 3. The Hall–Kier alpha value is -2.34. The Morgan fingerprint density at radius 3 is 2.21 bits per heavy atom. The molecule has 160 valence electrons. The molecular formula is C16H16ClF4N3O4S. The zero-order valence-electron chi connectivity index (χ0n) is 15.4. The van der Waals surface area contributed by atoms with Gasteiger partial charge in [-0.2, -0.15) is 13.2 Å². The van der Waals surface area contributed by atoms with Crippen molar-refractivity contribution in [1.29, 1.82) is 0 Å². The van der Waals surface area contributed by atoms with Crippen molar-refractivity contribution in [1.82, 2.24) is 9.13 Å². The Labute approximate surface area is 167 Å². The number of benzene rings is 1. The molecule has 0 aliphatic carbocycles. The third-order valence-electron chi connectivity index (χ3n) is 4.12. The van der Waals surface area contributed by atoms with Crippen LogP contribution in [0.5, 0.6) is 0 Å². The molecule has 2 rings (SSSR count). The summed E-state index contributed by atoms with van der Waals surface area (Å²) >= 11 is 5.96. The molecule has 0 unspecified atom stereocenters. The minimum absolute atomic E-state index is 0.0963. The molecule has 1 aromatic carbocycles. The second kappa shape index (κ2) is 7.82. The Kier molecular flexibility index (Phi) is 6.19. The largest absolute Gasteiger partial charge is 0.431 e. The third-order valence-corrected chi connectivity index (χ3v) is 6.28. The van der Waals surface area contributed by atoms with Gasteiger partial charge in [-0.3, -0.25) is 13.7 Å². The quantitative estimate of drug-likeness (QED) is 0.646. The van der Waals surface area contributed by atoms with Crippen molar-refractivity contribution in [2.45, 2.75) is 20.0 Å². The molecule has 0 amide bonds. The third kappa shape index (κ3) is 4.17. The summed E-state index contributed by atoms with van der Waals surface area (Å²) in [6.07, 6.45) is -4.98. The molecule has 0 saturated heterocycles. The molecule has 7 nitrogen and oxygen atoms in total. The van der Waals surface area contributed by atoms with Gasteiger partial charge in [-0.15, -0.1) is 0 Å². The maximum Gasteiger partial charge on any atom is 0.431 e. The lowest BCUT2D eigenvalue weighted by Crippen LogP contribution is -2.41. The highest BCUT2D eigenvalue weighted by Gasteiger charge is 2.35. The van der Waals surface area contributed by atoms with Gasteiger partial charge < -0.3 is 0 Å². The van der Waals surface area contributed by atoms with Crippen LogP contribution < -0.4 is 15.6 Å². The van der Waals surface area contributed by atoms with Gasteiger partial charge >= 0.3 is 11.9 Å². The average Bonchev–Trinajstić information content (AvgIpc) is 2.60. The van der Waals surface area contributed by atoms with E-state index in [4.69, 9.17) is 11.6 Å². The summed E-state index contributed by atoms with van der Waals surface area (Å²) in [6, 6.07) is 1.67. The van der Waals surface area contributed by atoms with Gasteiger partial charge in [0.2, 0.25) is 10.0 Å². The normalized spacial score (nSPS) is 12.3. The molecule has 1 heterocycles. The lowest BCUT2D eigenvalue weighted by atomic mass is 10.2. The lowest BCUT2D eigenvalue weighted by Gasteiger charge is -2.24. The van der Waals surface area contributed by atoms with E-state index in [0.29, 0.717) is 6.07 Å². The maximum absolute atomic E-state index is 14.5. The van der Waals surface area contributed by atoms with E-state index in [9.17, 15) is 35.6 Å². The van der Waals surface area contributed by atoms with Crippen molar-refractivity contribution in [2.75, 3.05) is 16.6 Å². The second-order valence-electron chi connectivity index (χ2n) is 5.86. The molecule has 2 aromatic rings. The van der Waals surface area contributed by atoms with Crippen molar-refractivity contribution < 1.29 is 26.0 Å². The predicted molar refractivity (Wildman–Crippen MR) is 99.7 cm³/mol. The van der Waals surface area contributed by atoms with Crippen LogP contribution >= 0.6 is 11.6 Å². The summed E-state index contributed by atoms with van der Waals surface area (Å²) in [4.78, 5) is 24.6. The summed E-state index contributed by atoms with van der Waals surface area (Å²) in [7, 11) is -3.07. The van der Waals surface area contributed by atoms with E-state index in [1.165, 1.54) is 13.8 Å². The molecule has 0 bridgehead atoms. The highest BCUT2D eigenvalue weighted by Crippen LogP contribution is 2.32. The molecule has 1 aromatic heterocycles. The molecule has 0 atom stereocenters. The van der Waals surface area contributed by atoms with E-state index >= 15 is 0 Å². The topological polar surface area (TPSA) is 81.4 Å². The van der Waals surface area contributed by atoms with Gasteiger partial charge in [0.15, 0.2) is 0 Å². The Balaban J connectivity index is 2.87. The van der Waals surface area contributed by atoms with Crippen LogP contribution in [0, 0.1) is 5.82 Å². The molecule has 0 N–H and O–H groups in total. The smallest absolute Gasteiger partial charge is 0.292 e. The average molecular weight is 458 g/mol. The van der Waals surface area contributed by atoms with Gasteiger partial charge in [-0.05, 0) is 26.0 Å². The predicted octanol–water partition coefficient (Wildman–Crippen LogP) is 2.52. The standard InChI is InChI=1S/C16H16ClF4N3O4S/c1-4-23(29(27,28)5-2)11-7-12(10(18)6-9(11)17)24-14(25)8-13(16(19,20)21)22(3)15(24)26/h6-8H,4-5H2,1-3H3. The Morgan fingerprint density at radius 1 is 1.14 bits per heavy atom. The molecule has 0 fully saturated rings. The van der Waals surface area contributed by atoms with Crippen LogP contribution in [-0.2, 0) is 23.2 Å². The van der Waals surface area contributed by atoms with Gasteiger partial charge in [-0.1, -0.05) is 11.6 Å². The zero-order chi connectivity index (χ0) is 22.3. The second-order valence-corrected chi connectivity index (χ2v) is 8.45. The first-order valence-electron chi connectivity index (χ1n) is 8.16. The van der Waals surface area contributed by atoms with Crippen molar-refractivity contribution >= 4 is 27.3 Å². The number of rotatable bonds is 5. The lowest BCUT2D eigenvalue weighted by molar-refractivity contribution is -0.144. The molecule has 0 spiro atoms. The molecule has 29 heavy (non-hydrogen) atoms. The summed E-state index contributed by atoms with van der Waals surface area (Å²) < 4.78 is 79.2. The summed E-state index contributed by atoms with van der Waals surface area (Å²) in [6.45, 7) is 2.75. The van der Waals surface area contributed by atoms with Gasteiger partial charge in [0.05, 0.1) is 22.2 Å². The first-order chi connectivity index (χ1) is 13.3. The highest BCUT2D eigenvalue weighted by atomic mass is 35.5. The molecule has 0 aliphatic rings. The SMILES string of the molecule is CCN(c1cc(-n2c(=O)cc(C(F)(F)F)n(C)c2=O)c(F)cc1Cl)S(=O)(=O)CC. The van der Waals surface area contributed by atoms with E-state index in [-0.39, 0.29) is 38.2 Å². The minimum atomic E-state index is -4.98. The van der Waals surface area contributed by atoms with Crippen LogP contribution in [0.15, 0.2) is 27.8 Å². The molecule has 0 radical (unpaired) electrons. The maximum atomic E-state index is 14.5. The van der Waals surface area contributed by atoms with Crippen molar-refractivity contribution in [3.8, 4) is 5.69 Å². The van der Waals surface area contributed by atoms with Crippen LogP contribution in [0.4, 0.5) is 23.2 Å². The molecule has 0 saturated carbocycles.